The lowest BCUT2D eigenvalue weighted by molar-refractivity contribution is 0.124. The molecule has 1 aromatic rings. The molecule has 0 amide bonds. The standard InChI is InChI=1S/C14H19ClF2N2/c15-12-4-1-3-11(7-12)9-19-6-2-5-13(10-19)18-8-14(16)17/h1,3-4,7,13-14,18H,2,5-6,8-10H2. The van der Waals surface area contributed by atoms with E-state index in [4.69, 9.17) is 11.6 Å². The first-order valence-electron chi connectivity index (χ1n) is 6.62. The molecule has 1 fully saturated rings. The van der Waals surface area contributed by atoms with E-state index in [0.717, 1.165) is 37.5 Å². The molecule has 1 aliphatic rings. The molecule has 0 aliphatic carbocycles. The average Bonchev–Trinajstić information content (AvgIpc) is 2.37. The summed E-state index contributed by atoms with van der Waals surface area (Å²) in [7, 11) is 0. The second-order valence-corrected chi connectivity index (χ2v) is 5.44. The quantitative estimate of drug-likeness (QED) is 0.895. The lowest BCUT2D eigenvalue weighted by Crippen LogP contribution is -2.46. The highest BCUT2D eigenvalue weighted by Gasteiger charge is 2.20. The van der Waals surface area contributed by atoms with Gasteiger partial charge >= 0.3 is 0 Å². The Labute approximate surface area is 117 Å². The van der Waals surface area contributed by atoms with Crippen LogP contribution >= 0.6 is 11.6 Å². The fraction of sp³-hybridized carbons (Fsp3) is 0.571. The Morgan fingerprint density at radius 1 is 1.42 bits per heavy atom. The Bertz CT molecular complexity index is 401. The molecule has 2 nitrogen and oxygen atoms in total. The molecule has 1 aromatic carbocycles. The van der Waals surface area contributed by atoms with E-state index in [-0.39, 0.29) is 12.6 Å². The molecule has 5 heteroatoms. The van der Waals surface area contributed by atoms with Crippen LogP contribution in [0.5, 0.6) is 0 Å². The fourth-order valence-corrected chi connectivity index (χ4v) is 2.73. The van der Waals surface area contributed by atoms with Gasteiger partial charge in [-0.1, -0.05) is 23.7 Å². The Morgan fingerprint density at radius 3 is 3.00 bits per heavy atom. The topological polar surface area (TPSA) is 15.3 Å². The van der Waals surface area contributed by atoms with Crippen molar-refractivity contribution in [2.45, 2.75) is 31.9 Å². The van der Waals surface area contributed by atoms with Gasteiger partial charge in [-0.05, 0) is 37.1 Å². The first kappa shape index (κ1) is 14.7. The van der Waals surface area contributed by atoms with Crippen LogP contribution in [0.15, 0.2) is 24.3 Å². The van der Waals surface area contributed by atoms with Crippen LogP contribution in [-0.2, 0) is 6.54 Å². The lowest BCUT2D eigenvalue weighted by atomic mass is 10.0. The number of hydrogen-bond donors (Lipinski definition) is 1. The van der Waals surface area contributed by atoms with Crippen LogP contribution in [0.2, 0.25) is 5.02 Å². The zero-order valence-electron chi connectivity index (χ0n) is 10.8. The summed E-state index contributed by atoms with van der Waals surface area (Å²) in [4.78, 5) is 2.29. The van der Waals surface area contributed by atoms with Gasteiger partial charge in [0.1, 0.15) is 0 Å². The van der Waals surface area contributed by atoms with Crippen LogP contribution in [0.4, 0.5) is 8.78 Å². The van der Waals surface area contributed by atoms with Gasteiger partial charge in [0.25, 0.3) is 6.43 Å². The minimum atomic E-state index is -2.27. The third-order valence-electron chi connectivity index (χ3n) is 3.36. The molecule has 0 bridgehead atoms. The first-order valence-corrected chi connectivity index (χ1v) is 6.99. The molecule has 1 heterocycles. The summed E-state index contributed by atoms with van der Waals surface area (Å²) < 4.78 is 24.4. The smallest absolute Gasteiger partial charge is 0.250 e. The number of hydrogen-bond acceptors (Lipinski definition) is 2. The highest BCUT2D eigenvalue weighted by Crippen LogP contribution is 2.16. The van der Waals surface area contributed by atoms with Gasteiger partial charge in [0.15, 0.2) is 0 Å². The summed E-state index contributed by atoms with van der Waals surface area (Å²) in [6.07, 6.45) is -0.261. The molecule has 1 atom stereocenters. The van der Waals surface area contributed by atoms with Crippen LogP contribution in [0.25, 0.3) is 0 Å². The molecule has 0 saturated carbocycles. The van der Waals surface area contributed by atoms with E-state index in [0.29, 0.717) is 0 Å². The number of nitrogens with one attached hydrogen (secondary N) is 1. The van der Waals surface area contributed by atoms with E-state index in [1.165, 1.54) is 5.56 Å². The third kappa shape index (κ3) is 5.05. The van der Waals surface area contributed by atoms with Crippen molar-refractivity contribution in [2.24, 2.45) is 0 Å². The number of nitrogens with zero attached hydrogens (tertiary/aromatic N) is 1. The van der Waals surface area contributed by atoms with Gasteiger partial charge in [-0.3, -0.25) is 4.90 Å². The Balaban J connectivity index is 1.83. The van der Waals surface area contributed by atoms with Crippen LogP contribution in [-0.4, -0.2) is 37.0 Å². The highest BCUT2D eigenvalue weighted by molar-refractivity contribution is 6.30. The highest BCUT2D eigenvalue weighted by atomic mass is 35.5. The van der Waals surface area contributed by atoms with Crippen LogP contribution in [0.3, 0.4) is 0 Å². The minimum absolute atomic E-state index is 0.168. The Kier molecular flexibility index (Phi) is 5.55. The average molecular weight is 289 g/mol. The predicted molar refractivity (Wildman–Crippen MR) is 73.8 cm³/mol. The van der Waals surface area contributed by atoms with Gasteiger partial charge in [0, 0.05) is 24.2 Å². The molecule has 1 unspecified atom stereocenters. The summed E-state index contributed by atoms with van der Waals surface area (Å²) in [6, 6.07) is 7.96. The van der Waals surface area contributed by atoms with E-state index < -0.39 is 6.43 Å². The zero-order valence-corrected chi connectivity index (χ0v) is 11.5. The molecule has 1 N–H and O–H groups in total. The van der Waals surface area contributed by atoms with Crippen molar-refractivity contribution in [1.29, 1.82) is 0 Å². The summed E-state index contributed by atoms with van der Waals surface area (Å²) in [5, 5.41) is 3.67. The van der Waals surface area contributed by atoms with Gasteiger partial charge in [0.05, 0.1) is 6.54 Å². The van der Waals surface area contributed by atoms with E-state index in [2.05, 4.69) is 10.2 Å². The summed E-state index contributed by atoms with van der Waals surface area (Å²) in [5.74, 6) is 0. The van der Waals surface area contributed by atoms with Crippen molar-refractivity contribution in [3.8, 4) is 0 Å². The molecule has 106 valence electrons. The van der Waals surface area contributed by atoms with E-state index in [1.807, 2.05) is 24.3 Å². The van der Waals surface area contributed by atoms with Gasteiger partial charge in [0.2, 0.25) is 0 Å². The number of halogens is 3. The second-order valence-electron chi connectivity index (χ2n) is 5.00. The number of benzene rings is 1. The van der Waals surface area contributed by atoms with Crippen molar-refractivity contribution in [3.63, 3.8) is 0 Å². The SMILES string of the molecule is FC(F)CNC1CCCN(Cc2cccc(Cl)c2)C1. The van der Waals surface area contributed by atoms with E-state index in [1.54, 1.807) is 0 Å². The molecule has 1 aliphatic heterocycles. The molecule has 0 spiro atoms. The van der Waals surface area contributed by atoms with Gasteiger partial charge in [-0.2, -0.15) is 0 Å². The van der Waals surface area contributed by atoms with E-state index in [9.17, 15) is 8.78 Å². The lowest BCUT2D eigenvalue weighted by Gasteiger charge is -2.33. The normalized spacial score (nSPS) is 20.9. The van der Waals surface area contributed by atoms with E-state index >= 15 is 0 Å². The maximum atomic E-state index is 12.2. The Hall–Kier alpha value is -0.710. The van der Waals surface area contributed by atoms with Crippen molar-refractivity contribution in [2.75, 3.05) is 19.6 Å². The van der Waals surface area contributed by atoms with Gasteiger partial charge in [-0.15, -0.1) is 0 Å². The maximum absolute atomic E-state index is 12.2. The number of likely N-dealkylation sites (tertiary alicyclic amines) is 1. The number of alkyl halides is 2. The van der Waals surface area contributed by atoms with Crippen molar-refractivity contribution in [1.82, 2.24) is 10.2 Å². The van der Waals surface area contributed by atoms with Crippen LogP contribution in [0, 0.1) is 0 Å². The number of rotatable bonds is 5. The predicted octanol–water partition coefficient (Wildman–Crippen LogP) is 3.16. The van der Waals surface area contributed by atoms with Crippen molar-refractivity contribution >= 4 is 11.6 Å². The van der Waals surface area contributed by atoms with Crippen LogP contribution < -0.4 is 5.32 Å². The Morgan fingerprint density at radius 2 is 2.26 bits per heavy atom. The third-order valence-corrected chi connectivity index (χ3v) is 3.60. The van der Waals surface area contributed by atoms with Gasteiger partial charge in [-0.25, -0.2) is 8.78 Å². The maximum Gasteiger partial charge on any atom is 0.250 e. The monoisotopic (exact) mass is 288 g/mol. The molecule has 0 radical (unpaired) electrons. The molecule has 2 rings (SSSR count). The first-order chi connectivity index (χ1) is 9.13. The summed E-state index contributed by atoms with van der Waals surface area (Å²) in [6.45, 7) is 2.45. The summed E-state index contributed by atoms with van der Waals surface area (Å²) >= 11 is 5.96. The second kappa shape index (κ2) is 7.17. The molecular weight excluding hydrogens is 270 g/mol. The molecule has 0 aromatic heterocycles. The summed E-state index contributed by atoms with van der Waals surface area (Å²) in [5.41, 5.74) is 1.17. The van der Waals surface area contributed by atoms with Gasteiger partial charge < -0.3 is 5.32 Å². The largest absolute Gasteiger partial charge is 0.307 e. The molecule has 19 heavy (non-hydrogen) atoms. The fourth-order valence-electron chi connectivity index (χ4n) is 2.52. The van der Waals surface area contributed by atoms with Crippen molar-refractivity contribution in [3.05, 3.63) is 34.9 Å². The van der Waals surface area contributed by atoms with Crippen LogP contribution in [0.1, 0.15) is 18.4 Å². The number of piperidine rings is 1. The minimum Gasteiger partial charge on any atom is -0.307 e. The van der Waals surface area contributed by atoms with Crippen molar-refractivity contribution < 1.29 is 8.78 Å². The zero-order chi connectivity index (χ0) is 13.7. The molecule has 1 saturated heterocycles. The molecular formula is C14H19ClF2N2.